The molecule has 0 aliphatic carbocycles. The predicted molar refractivity (Wildman–Crippen MR) is 70.8 cm³/mol. The van der Waals surface area contributed by atoms with Gasteiger partial charge in [-0.15, -0.1) is 10.2 Å². The Kier molecular flexibility index (Phi) is 2.89. The van der Waals surface area contributed by atoms with Gasteiger partial charge in [-0.05, 0) is 43.0 Å². The average molecular weight is 267 g/mol. The van der Waals surface area contributed by atoms with Gasteiger partial charge in [-0.2, -0.15) is 5.26 Å². The van der Waals surface area contributed by atoms with Crippen molar-refractivity contribution in [1.82, 2.24) is 19.6 Å². The number of aromatic nitrogens is 4. The molecule has 0 bridgehead atoms. The van der Waals surface area contributed by atoms with E-state index in [4.69, 9.17) is 5.26 Å². The third kappa shape index (κ3) is 2.16. The first kappa shape index (κ1) is 11.7. The maximum absolute atomic E-state index is 9.11. The van der Waals surface area contributed by atoms with E-state index in [0.717, 1.165) is 11.3 Å². The van der Waals surface area contributed by atoms with Gasteiger partial charge >= 0.3 is 0 Å². The maximum atomic E-state index is 9.11. The van der Waals surface area contributed by atoms with Crippen molar-refractivity contribution >= 4 is 17.4 Å². The molecular formula is C13H9N5S. The normalized spacial score (nSPS) is 10.5. The summed E-state index contributed by atoms with van der Waals surface area (Å²) in [5.74, 6) is 0. The van der Waals surface area contributed by atoms with Crippen LogP contribution in [0.25, 0.3) is 5.65 Å². The molecule has 0 atom stereocenters. The minimum absolute atomic E-state index is 0.545. The molecule has 5 nitrogen and oxygen atoms in total. The number of fused-ring (bicyclic) bond motifs is 1. The fourth-order valence-electron chi connectivity index (χ4n) is 1.67. The molecule has 3 aromatic rings. The fraction of sp³-hybridized carbons (Fsp3) is 0.0769. The van der Waals surface area contributed by atoms with Crippen molar-refractivity contribution in [3.05, 3.63) is 47.8 Å². The van der Waals surface area contributed by atoms with Gasteiger partial charge in [-0.25, -0.2) is 4.98 Å². The molecule has 0 aliphatic rings. The maximum Gasteiger partial charge on any atom is 0.201 e. The zero-order chi connectivity index (χ0) is 13.2. The van der Waals surface area contributed by atoms with E-state index in [1.807, 2.05) is 41.8 Å². The van der Waals surface area contributed by atoms with Crippen LogP contribution in [0.2, 0.25) is 0 Å². The smallest absolute Gasteiger partial charge is 0.201 e. The lowest BCUT2D eigenvalue weighted by atomic mass is 10.3. The van der Waals surface area contributed by atoms with Crippen LogP contribution in [0.4, 0.5) is 0 Å². The Morgan fingerprint density at radius 3 is 2.95 bits per heavy atom. The summed E-state index contributed by atoms with van der Waals surface area (Å²) >= 11 is 1.34. The highest BCUT2D eigenvalue weighted by atomic mass is 32.2. The molecule has 0 aromatic carbocycles. The fourth-order valence-corrected chi connectivity index (χ4v) is 2.59. The SMILES string of the molecule is Cc1ccc(C#N)c(Sc2nnc3ccccn23)n1. The van der Waals surface area contributed by atoms with Crippen molar-refractivity contribution in [3.63, 3.8) is 0 Å². The van der Waals surface area contributed by atoms with Crippen LogP contribution >= 0.6 is 11.8 Å². The Morgan fingerprint density at radius 1 is 1.21 bits per heavy atom. The second-order valence-electron chi connectivity index (χ2n) is 3.93. The summed E-state index contributed by atoms with van der Waals surface area (Å²) in [4.78, 5) is 4.39. The molecule has 19 heavy (non-hydrogen) atoms. The first-order valence-electron chi connectivity index (χ1n) is 5.63. The van der Waals surface area contributed by atoms with Crippen LogP contribution in [0.15, 0.2) is 46.7 Å². The summed E-state index contributed by atoms with van der Waals surface area (Å²) in [6.45, 7) is 1.90. The Morgan fingerprint density at radius 2 is 2.11 bits per heavy atom. The second kappa shape index (κ2) is 4.71. The number of nitrogens with zero attached hydrogens (tertiary/aromatic N) is 5. The topological polar surface area (TPSA) is 66.9 Å². The van der Waals surface area contributed by atoms with Crippen LogP contribution in [0.3, 0.4) is 0 Å². The first-order valence-corrected chi connectivity index (χ1v) is 6.45. The number of nitriles is 1. The average Bonchev–Trinajstić information content (AvgIpc) is 2.83. The van der Waals surface area contributed by atoms with Gasteiger partial charge in [-0.3, -0.25) is 4.40 Å². The van der Waals surface area contributed by atoms with Crippen LogP contribution in [0, 0.1) is 18.3 Å². The predicted octanol–water partition coefficient (Wildman–Crippen LogP) is 2.46. The van der Waals surface area contributed by atoms with Gasteiger partial charge in [-0.1, -0.05) is 6.07 Å². The molecule has 0 unspecified atom stereocenters. The quantitative estimate of drug-likeness (QED) is 0.713. The molecule has 0 N–H and O–H groups in total. The molecule has 0 amide bonds. The summed E-state index contributed by atoms with van der Waals surface area (Å²) in [5.41, 5.74) is 2.19. The molecule has 0 spiro atoms. The molecule has 3 aromatic heterocycles. The highest BCUT2D eigenvalue weighted by Gasteiger charge is 2.11. The summed E-state index contributed by atoms with van der Waals surface area (Å²) in [6.07, 6.45) is 1.89. The van der Waals surface area contributed by atoms with Gasteiger partial charge in [0.05, 0.1) is 5.56 Å². The van der Waals surface area contributed by atoms with Crippen molar-refractivity contribution in [2.75, 3.05) is 0 Å². The van der Waals surface area contributed by atoms with Gasteiger partial charge in [0.2, 0.25) is 5.16 Å². The van der Waals surface area contributed by atoms with E-state index in [-0.39, 0.29) is 0 Å². The Labute approximate surface area is 113 Å². The Hall–Kier alpha value is -2.39. The third-order valence-electron chi connectivity index (χ3n) is 2.59. The van der Waals surface area contributed by atoms with E-state index in [1.54, 1.807) is 6.07 Å². The zero-order valence-corrected chi connectivity index (χ0v) is 10.9. The molecule has 0 saturated carbocycles. The number of hydrogen-bond donors (Lipinski definition) is 0. The molecule has 92 valence electrons. The molecule has 0 radical (unpaired) electrons. The van der Waals surface area contributed by atoms with Crippen molar-refractivity contribution < 1.29 is 0 Å². The molecule has 0 fully saturated rings. The highest BCUT2D eigenvalue weighted by molar-refractivity contribution is 7.99. The van der Waals surface area contributed by atoms with Gasteiger partial charge in [0.15, 0.2) is 5.65 Å². The number of hydrogen-bond acceptors (Lipinski definition) is 5. The van der Waals surface area contributed by atoms with E-state index in [1.165, 1.54) is 11.8 Å². The molecule has 3 rings (SSSR count). The van der Waals surface area contributed by atoms with Crippen molar-refractivity contribution in [2.45, 2.75) is 17.1 Å². The Balaban J connectivity index is 2.06. The van der Waals surface area contributed by atoms with Gasteiger partial charge in [0.1, 0.15) is 11.1 Å². The van der Waals surface area contributed by atoms with Gasteiger partial charge < -0.3 is 0 Å². The van der Waals surface area contributed by atoms with Crippen LogP contribution < -0.4 is 0 Å². The van der Waals surface area contributed by atoms with Crippen LogP contribution in [-0.4, -0.2) is 19.6 Å². The lowest BCUT2D eigenvalue weighted by Crippen LogP contribution is -1.92. The van der Waals surface area contributed by atoms with E-state index in [0.29, 0.717) is 15.7 Å². The van der Waals surface area contributed by atoms with Crippen molar-refractivity contribution in [1.29, 1.82) is 5.26 Å². The largest absolute Gasteiger partial charge is 0.277 e. The first-order chi connectivity index (χ1) is 9.28. The summed E-state index contributed by atoms with van der Waals surface area (Å²) in [6, 6.07) is 11.4. The molecule has 3 heterocycles. The standard InChI is InChI=1S/C13H9N5S/c1-9-5-6-10(8-14)12(15-9)19-13-17-16-11-4-2-3-7-18(11)13/h2-7H,1H3. The lowest BCUT2D eigenvalue weighted by Gasteiger charge is -2.02. The summed E-state index contributed by atoms with van der Waals surface area (Å²) < 4.78 is 1.87. The zero-order valence-electron chi connectivity index (χ0n) is 10.1. The number of pyridine rings is 2. The minimum atomic E-state index is 0.545. The van der Waals surface area contributed by atoms with Crippen LogP contribution in [0.5, 0.6) is 0 Å². The van der Waals surface area contributed by atoms with Crippen molar-refractivity contribution in [2.24, 2.45) is 0 Å². The van der Waals surface area contributed by atoms with Gasteiger partial charge in [0.25, 0.3) is 0 Å². The molecular weight excluding hydrogens is 258 g/mol. The van der Waals surface area contributed by atoms with Gasteiger partial charge in [0, 0.05) is 11.9 Å². The van der Waals surface area contributed by atoms with E-state index in [9.17, 15) is 0 Å². The minimum Gasteiger partial charge on any atom is -0.277 e. The highest BCUT2D eigenvalue weighted by Crippen LogP contribution is 2.27. The van der Waals surface area contributed by atoms with Crippen molar-refractivity contribution in [3.8, 4) is 6.07 Å². The molecule has 0 saturated heterocycles. The van der Waals surface area contributed by atoms with Crippen LogP contribution in [-0.2, 0) is 0 Å². The molecule has 6 heteroatoms. The lowest BCUT2D eigenvalue weighted by molar-refractivity contribution is 0.914. The van der Waals surface area contributed by atoms with E-state index in [2.05, 4.69) is 21.3 Å². The Bertz CT molecular complexity index is 787. The van der Waals surface area contributed by atoms with Crippen LogP contribution in [0.1, 0.15) is 11.3 Å². The third-order valence-corrected chi connectivity index (χ3v) is 3.56. The number of aryl methyl sites for hydroxylation is 1. The summed E-state index contributed by atoms with van der Waals surface area (Å²) in [5, 5.41) is 18.7. The van der Waals surface area contributed by atoms with E-state index >= 15 is 0 Å². The second-order valence-corrected chi connectivity index (χ2v) is 4.89. The van der Waals surface area contributed by atoms with E-state index < -0.39 is 0 Å². The monoisotopic (exact) mass is 267 g/mol. The molecule has 0 aliphatic heterocycles. The number of rotatable bonds is 2. The summed E-state index contributed by atoms with van der Waals surface area (Å²) in [7, 11) is 0.